The zero-order chi connectivity index (χ0) is 14.5. The Balaban J connectivity index is 2.54. The van der Waals surface area contributed by atoms with E-state index in [-0.39, 0.29) is 12.6 Å². The van der Waals surface area contributed by atoms with Gasteiger partial charge >= 0.3 is 5.97 Å². The van der Waals surface area contributed by atoms with Crippen LogP contribution in [0.2, 0.25) is 0 Å². The van der Waals surface area contributed by atoms with Crippen LogP contribution in [0.25, 0.3) is 0 Å². The summed E-state index contributed by atoms with van der Waals surface area (Å²) >= 11 is 0. The lowest BCUT2D eigenvalue weighted by atomic mass is 10.1. The van der Waals surface area contributed by atoms with E-state index in [9.17, 15) is 13.2 Å². The summed E-state index contributed by atoms with van der Waals surface area (Å²) < 4.78 is 36.7. The second kappa shape index (κ2) is 7.21. The molecule has 0 radical (unpaired) electrons. The van der Waals surface area contributed by atoms with Crippen LogP contribution in [-0.4, -0.2) is 46.0 Å². The Hall–Kier alpha value is -0.660. The van der Waals surface area contributed by atoms with Gasteiger partial charge in [0.1, 0.15) is 0 Å². The number of carbonyl (C=O) groups excluding carboxylic acids is 1. The van der Waals surface area contributed by atoms with Gasteiger partial charge in [0.25, 0.3) is 0 Å². The summed E-state index contributed by atoms with van der Waals surface area (Å²) in [5.74, 6) is -0.986. The maximum atomic E-state index is 12.1. The first-order chi connectivity index (χ1) is 8.88. The highest BCUT2D eigenvalue weighted by Gasteiger charge is 2.41. The Morgan fingerprint density at radius 3 is 2.63 bits per heavy atom. The number of ether oxygens (including phenoxy) is 2. The lowest BCUT2D eigenvalue weighted by Crippen LogP contribution is -2.40. The van der Waals surface area contributed by atoms with Crippen molar-refractivity contribution in [2.24, 2.45) is 5.92 Å². The molecule has 7 heteroatoms. The smallest absolute Gasteiger partial charge is 0.310 e. The standard InChI is InChI=1S/C12H23NO5S/c1-9(2)18-8-7-13-19(15,16)11-6-4-5-10(11)12(14)17-3/h9-11,13H,4-8H2,1-3H3. The van der Waals surface area contributed by atoms with Crippen molar-refractivity contribution in [3.63, 3.8) is 0 Å². The van der Waals surface area contributed by atoms with Crippen LogP contribution in [0.1, 0.15) is 33.1 Å². The molecule has 0 saturated heterocycles. The molecule has 19 heavy (non-hydrogen) atoms. The normalized spacial score (nSPS) is 23.8. The molecule has 0 bridgehead atoms. The second-order valence-electron chi connectivity index (χ2n) is 4.96. The Labute approximate surface area is 114 Å². The van der Waals surface area contributed by atoms with Crippen LogP contribution in [-0.2, 0) is 24.3 Å². The molecule has 1 N–H and O–H groups in total. The quantitative estimate of drug-likeness (QED) is 0.551. The van der Waals surface area contributed by atoms with Crippen LogP contribution >= 0.6 is 0 Å². The van der Waals surface area contributed by atoms with E-state index in [1.54, 1.807) is 0 Å². The topological polar surface area (TPSA) is 81.7 Å². The molecular weight excluding hydrogens is 270 g/mol. The fourth-order valence-electron chi connectivity index (χ4n) is 2.30. The van der Waals surface area contributed by atoms with Crippen molar-refractivity contribution >= 4 is 16.0 Å². The molecule has 2 unspecified atom stereocenters. The van der Waals surface area contributed by atoms with Gasteiger partial charge in [0.15, 0.2) is 0 Å². The van der Waals surface area contributed by atoms with Gasteiger partial charge in [0.05, 0.1) is 31.0 Å². The van der Waals surface area contributed by atoms with E-state index in [1.807, 2.05) is 13.8 Å². The lowest BCUT2D eigenvalue weighted by Gasteiger charge is -2.18. The molecule has 0 aromatic rings. The molecule has 0 aromatic carbocycles. The third-order valence-electron chi connectivity index (χ3n) is 3.21. The SMILES string of the molecule is COC(=O)C1CCCC1S(=O)(=O)NCCOC(C)C. The minimum absolute atomic E-state index is 0.0683. The van der Waals surface area contributed by atoms with Gasteiger partial charge < -0.3 is 9.47 Å². The molecule has 1 aliphatic carbocycles. The van der Waals surface area contributed by atoms with Crippen LogP contribution in [0.3, 0.4) is 0 Å². The van der Waals surface area contributed by atoms with Crippen molar-refractivity contribution in [2.45, 2.75) is 44.5 Å². The van der Waals surface area contributed by atoms with E-state index < -0.39 is 27.2 Å². The molecule has 0 spiro atoms. The number of rotatable bonds is 7. The number of nitrogens with one attached hydrogen (secondary N) is 1. The summed E-state index contributed by atoms with van der Waals surface area (Å²) in [6, 6.07) is 0. The number of methoxy groups -OCH3 is 1. The number of carbonyl (C=O) groups is 1. The van der Waals surface area contributed by atoms with Crippen LogP contribution < -0.4 is 4.72 Å². The van der Waals surface area contributed by atoms with Crippen LogP contribution in [0, 0.1) is 5.92 Å². The molecule has 2 atom stereocenters. The first kappa shape index (κ1) is 16.4. The summed E-state index contributed by atoms with van der Waals surface area (Å²) in [7, 11) is -2.21. The number of hydrogen-bond acceptors (Lipinski definition) is 5. The summed E-state index contributed by atoms with van der Waals surface area (Å²) in [4.78, 5) is 11.6. The molecule has 0 aromatic heterocycles. The van der Waals surface area contributed by atoms with E-state index in [0.717, 1.165) is 6.42 Å². The Kier molecular flexibility index (Phi) is 6.22. The molecule has 0 heterocycles. The maximum Gasteiger partial charge on any atom is 0.310 e. The van der Waals surface area contributed by atoms with Crippen molar-refractivity contribution in [2.75, 3.05) is 20.3 Å². The fourth-order valence-corrected chi connectivity index (χ4v) is 4.04. The third-order valence-corrected chi connectivity index (χ3v) is 5.18. The predicted molar refractivity (Wildman–Crippen MR) is 71.2 cm³/mol. The van der Waals surface area contributed by atoms with E-state index in [2.05, 4.69) is 9.46 Å². The summed E-state index contributed by atoms with van der Waals surface area (Å²) in [5, 5.41) is -0.681. The number of sulfonamides is 1. The number of esters is 1. The molecule has 112 valence electrons. The van der Waals surface area contributed by atoms with Gasteiger partial charge in [-0.25, -0.2) is 13.1 Å². The number of hydrogen-bond donors (Lipinski definition) is 1. The van der Waals surface area contributed by atoms with E-state index >= 15 is 0 Å². The summed E-state index contributed by atoms with van der Waals surface area (Å²) in [6.07, 6.45) is 1.87. The highest BCUT2D eigenvalue weighted by molar-refractivity contribution is 7.90. The third kappa shape index (κ3) is 4.74. The molecule has 0 aliphatic heterocycles. The first-order valence-electron chi connectivity index (χ1n) is 6.56. The van der Waals surface area contributed by atoms with Gasteiger partial charge in [-0.05, 0) is 26.7 Å². The zero-order valence-corrected chi connectivity index (χ0v) is 12.5. The largest absolute Gasteiger partial charge is 0.469 e. The van der Waals surface area contributed by atoms with Crippen LogP contribution in [0.4, 0.5) is 0 Å². The minimum atomic E-state index is -3.49. The van der Waals surface area contributed by atoms with Crippen molar-refractivity contribution in [1.82, 2.24) is 4.72 Å². The van der Waals surface area contributed by atoms with Gasteiger partial charge in [-0.1, -0.05) is 6.42 Å². The highest BCUT2D eigenvalue weighted by Crippen LogP contribution is 2.31. The highest BCUT2D eigenvalue weighted by atomic mass is 32.2. The summed E-state index contributed by atoms with van der Waals surface area (Å²) in [6.45, 7) is 4.33. The lowest BCUT2D eigenvalue weighted by molar-refractivity contribution is -0.145. The Bertz CT molecular complexity index is 393. The predicted octanol–water partition coefficient (Wildman–Crippen LogP) is 0.673. The Morgan fingerprint density at radius 1 is 1.37 bits per heavy atom. The zero-order valence-electron chi connectivity index (χ0n) is 11.7. The van der Waals surface area contributed by atoms with E-state index in [4.69, 9.17) is 4.74 Å². The van der Waals surface area contributed by atoms with Crippen molar-refractivity contribution in [3.8, 4) is 0 Å². The van der Waals surface area contributed by atoms with Gasteiger partial charge in [0, 0.05) is 6.54 Å². The first-order valence-corrected chi connectivity index (χ1v) is 8.11. The average Bonchev–Trinajstić information content (AvgIpc) is 2.83. The molecular formula is C12H23NO5S. The molecule has 0 amide bonds. The van der Waals surface area contributed by atoms with Crippen LogP contribution in [0.15, 0.2) is 0 Å². The molecule has 1 aliphatic rings. The Morgan fingerprint density at radius 2 is 2.05 bits per heavy atom. The van der Waals surface area contributed by atoms with Gasteiger partial charge in [-0.15, -0.1) is 0 Å². The second-order valence-corrected chi connectivity index (χ2v) is 6.94. The van der Waals surface area contributed by atoms with E-state index in [1.165, 1.54) is 7.11 Å². The van der Waals surface area contributed by atoms with E-state index in [0.29, 0.717) is 19.4 Å². The van der Waals surface area contributed by atoms with Crippen LogP contribution in [0.5, 0.6) is 0 Å². The van der Waals surface area contributed by atoms with Crippen molar-refractivity contribution in [1.29, 1.82) is 0 Å². The maximum absolute atomic E-state index is 12.1. The van der Waals surface area contributed by atoms with Crippen molar-refractivity contribution in [3.05, 3.63) is 0 Å². The monoisotopic (exact) mass is 293 g/mol. The van der Waals surface area contributed by atoms with Crippen molar-refractivity contribution < 1.29 is 22.7 Å². The van der Waals surface area contributed by atoms with Gasteiger partial charge in [-0.2, -0.15) is 0 Å². The molecule has 6 nitrogen and oxygen atoms in total. The molecule has 1 saturated carbocycles. The average molecular weight is 293 g/mol. The minimum Gasteiger partial charge on any atom is -0.469 e. The molecule has 1 fully saturated rings. The van der Waals surface area contributed by atoms with Gasteiger partial charge in [0.2, 0.25) is 10.0 Å². The fraction of sp³-hybridized carbons (Fsp3) is 0.917. The van der Waals surface area contributed by atoms with Gasteiger partial charge in [-0.3, -0.25) is 4.79 Å². The molecule has 1 rings (SSSR count). The summed E-state index contributed by atoms with van der Waals surface area (Å²) in [5.41, 5.74) is 0.